The van der Waals surface area contributed by atoms with Crippen LogP contribution in [0.3, 0.4) is 0 Å². The Hall–Kier alpha value is -3.63. The number of carbonyl (C=O) groups is 2. The van der Waals surface area contributed by atoms with Gasteiger partial charge in [-0.15, -0.1) is 0 Å². The summed E-state index contributed by atoms with van der Waals surface area (Å²) < 4.78 is 0. The van der Waals surface area contributed by atoms with Crippen molar-refractivity contribution >= 4 is 34.2 Å². The number of hydrogen-bond acceptors (Lipinski definition) is 2. The minimum atomic E-state index is -0.666. The van der Waals surface area contributed by atoms with Crippen molar-refractivity contribution in [2.24, 2.45) is 0 Å². The first-order valence-corrected chi connectivity index (χ1v) is 13.1. The van der Waals surface area contributed by atoms with Gasteiger partial charge in [0.05, 0.1) is 0 Å². The zero-order valence-electron chi connectivity index (χ0n) is 21.4. The molecule has 0 aromatic heterocycles. The highest BCUT2D eigenvalue weighted by molar-refractivity contribution is 6.31. The lowest BCUT2D eigenvalue weighted by atomic mass is 9.99. The second kappa shape index (κ2) is 12.6. The van der Waals surface area contributed by atoms with Crippen molar-refractivity contribution in [2.45, 2.75) is 51.7 Å². The summed E-state index contributed by atoms with van der Waals surface area (Å²) in [7, 11) is 0. The first-order chi connectivity index (χ1) is 17.9. The molecule has 0 saturated carbocycles. The lowest BCUT2D eigenvalue weighted by molar-refractivity contribution is -0.141. The normalized spacial score (nSPS) is 11.9. The Morgan fingerprint density at radius 2 is 1.46 bits per heavy atom. The smallest absolute Gasteiger partial charge is 0.243 e. The van der Waals surface area contributed by atoms with Gasteiger partial charge in [0.15, 0.2) is 0 Å². The van der Waals surface area contributed by atoms with Crippen molar-refractivity contribution in [3.8, 4) is 0 Å². The molecule has 0 heterocycles. The van der Waals surface area contributed by atoms with Crippen LogP contribution in [0.1, 0.15) is 37.0 Å². The van der Waals surface area contributed by atoms with Gasteiger partial charge in [-0.25, -0.2) is 0 Å². The van der Waals surface area contributed by atoms with Crippen LogP contribution in [0.4, 0.5) is 0 Å². The summed E-state index contributed by atoms with van der Waals surface area (Å²) in [5, 5.41) is 5.91. The SMILES string of the molecule is CC(C)NC(=O)[C@H](Cc1ccccc1)N(Cc1ccccc1Cl)C(=O)CCc1cccc2ccccc12. The van der Waals surface area contributed by atoms with Gasteiger partial charge in [0, 0.05) is 30.5 Å². The molecule has 0 aliphatic carbocycles. The van der Waals surface area contributed by atoms with Crippen LogP contribution in [0, 0.1) is 0 Å². The molecule has 1 N–H and O–H groups in total. The van der Waals surface area contributed by atoms with Gasteiger partial charge in [-0.3, -0.25) is 9.59 Å². The molecule has 0 spiro atoms. The Morgan fingerprint density at radius 3 is 2.22 bits per heavy atom. The molecule has 2 amide bonds. The maximum atomic E-state index is 13.9. The molecule has 190 valence electrons. The summed E-state index contributed by atoms with van der Waals surface area (Å²) in [5.74, 6) is -0.239. The van der Waals surface area contributed by atoms with E-state index in [1.807, 2.05) is 86.6 Å². The number of rotatable bonds is 10. The number of benzene rings is 4. The third-order valence-corrected chi connectivity index (χ3v) is 6.86. The number of halogens is 1. The second-order valence-electron chi connectivity index (χ2n) is 9.62. The summed E-state index contributed by atoms with van der Waals surface area (Å²) in [6.07, 6.45) is 1.30. The Labute approximate surface area is 224 Å². The van der Waals surface area contributed by atoms with Gasteiger partial charge in [0.25, 0.3) is 0 Å². The fourth-order valence-electron chi connectivity index (χ4n) is 4.64. The number of carbonyl (C=O) groups excluding carboxylic acids is 2. The average molecular weight is 513 g/mol. The molecule has 0 bridgehead atoms. The van der Waals surface area contributed by atoms with Crippen molar-refractivity contribution in [1.82, 2.24) is 10.2 Å². The van der Waals surface area contributed by atoms with E-state index in [9.17, 15) is 9.59 Å². The molecule has 0 fully saturated rings. The standard InChI is InChI=1S/C32H33ClN2O2/c1-23(2)34-32(37)30(21-24-11-4-3-5-12-24)35(22-27-14-7-9-18-29(27)33)31(36)20-19-26-16-10-15-25-13-6-8-17-28(25)26/h3-18,23,30H,19-22H2,1-2H3,(H,34,37)/t30-/m0/s1. The first kappa shape index (κ1) is 26.4. The zero-order chi connectivity index (χ0) is 26.2. The maximum Gasteiger partial charge on any atom is 0.243 e. The van der Waals surface area contributed by atoms with Gasteiger partial charge in [0.2, 0.25) is 11.8 Å². The van der Waals surface area contributed by atoms with E-state index in [0.29, 0.717) is 24.3 Å². The monoisotopic (exact) mass is 512 g/mol. The van der Waals surface area contributed by atoms with Gasteiger partial charge >= 0.3 is 0 Å². The molecule has 5 heteroatoms. The summed E-state index contributed by atoms with van der Waals surface area (Å²) in [5.41, 5.74) is 2.94. The maximum absolute atomic E-state index is 13.9. The predicted molar refractivity (Wildman–Crippen MR) is 151 cm³/mol. The molecule has 0 aliphatic heterocycles. The zero-order valence-corrected chi connectivity index (χ0v) is 22.1. The topological polar surface area (TPSA) is 49.4 Å². The molecule has 0 saturated heterocycles. The highest BCUT2D eigenvalue weighted by atomic mass is 35.5. The minimum Gasteiger partial charge on any atom is -0.352 e. The Balaban J connectivity index is 1.65. The molecule has 1 atom stereocenters. The molecule has 0 unspecified atom stereocenters. The van der Waals surface area contributed by atoms with Crippen LogP contribution in [0.15, 0.2) is 97.1 Å². The van der Waals surface area contributed by atoms with Gasteiger partial charge < -0.3 is 10.2 Å². The van der Waals surface area contributed by atoms with Crippen LogP contribution in [0.2, 0.25) is 5.02 Å². The Morgan fingerprint density at radius 1 is 0.811 bits per heavy atom. The van der Waals surface area contributed by atoms with Crippen molar-refractivity contribution in [2.75, 3.05) is 0 Å². The highest BCUT2D eigenvalue weighted by Gasteiger charge is 2.31. The van der Waals surface area contributed by atoms with E-state index in [0.717, 1.165) is 27.5 Å². The highest BCUT2D eigenvalue weighted by Crippen LogP contribution is 2.23. The van der Waals surface area contributed by atoms with Gasteiger partial charge in [-0.2, -0.15) is 0 Å². The van der Waals surface area contributed by atoms with Crippen LogP contribution < -0.4 is 5.32 Å². The molecule has 37 heavy (non-hydrogen) atoms. The summed E-state index contributed by atoms with van der Waals surface area (Å²) in [6, 6.07) is 31.0. The fourth-order valence-corrected chi connectivity index (χ4v) is 4.84. The van der Waals surface area contributed by atoms with E-state index in [2.05, 4.69) is 29.6 Å². The molecule has 4 nitrogen and oxygen atoms in total. The van der Waals surface area contributed by atoms with Gasteiger partial charge in [0.1, 0.15) is 6.04 Å². The number of fused-ring (bicyclic) bond motifs is 1. The molecule has 4 aromatic carbocycles. The van der Waals surface area contributed by atoms with Gasteiger partial charge in [-0.1, -0.05) is 103 Å². The third kappa shape index (κ3) is 6.99. The van der Waals surface area contributed by atoms with Crippen LogP contribution in [-0.4, -0.2) is 28.8 Å². The Kier molecular flexibility index (Phi) is 8.97. The number of amides is 2. The lowest BCUT2D eigenvalue weighted by Gasteiger charge is -2.32. The van der Waals surface area contributed by atoms with Crippen LogP contribution in [0.25, 0.3) is 10.8 Å². The number of aryl methyl sites for hydroxylation is 1. The van der Waals surface area contributed by atoms with E-state index in [1.54, 1.807) is 4.90 Å². The van der Waals surface area contributed by atoms with E-state index in [1.165, 1.54) is 0 Å². The number of nitrogens with zero attached hydrogens (tertiary/aromatic N) is 1. The summed E-state index contributed by atoms with van der Waals surface area (Å²) >= 11 is 6.50. The van der Waals surface area contributed by atoms with Crippen LogP contribution >= 0.6 is 11.6 Å². The van der Waals surface area contributed by atoms with Crippen molar-refractivity contribution in [1.29, 1.82) is 0 Å². The van der Waals surface area contributed by atoms with E-state index in [4.69, 9.17) is 11.6 Å². The predicted octanol–water partition coefficient (Wildman–Crippen LogP) is 6.59. The number of nitrogens with one attached hydrogen (secondary N) is 1. The third-order valence-electron chi connectivity index (χ3n) is 6.49. The van der Waals surface area contributed by atoms with E-state index in [-0.39, 0.29) is 24.4 Å². The average Bonchev–Trinajstić information content (AvgIpc) is 2.90. The van der Waals surface area contributed by atoms with Crippen molar-refractivity contribution < 1.29 is 9.59 Å². The molecule has 0 aliphatic rings. The quantitative estimate of drug-likeness (QED) is 0.260. The van der Waals surface area contributed by atoms with Crippen LogP contribution in [0.5, 0.6) is 0 Å². The summed E-state index contributed by atoms with van der Waals surface area (Å²) in [6.45, 7) is 4.12. The largest absolute Gasteiger partial charge is 0.352 e. The molecule has 4 rings (SSSR count). The van der Waals surface area contributed by atoms with Crippen molar-refractivity contribution in [3.63, 3.8) is 0 Å². The molecular weight excluding hydrogens is 480 g/mol. The molecular formula is C32H33ClN2O2. The Bertz CT molecular complexity index is 1350. The molecule has 0 radical (unpaired) electrons. The van der Waals surface area contributed by atoms with Crippen LogP contribution in [-0.2, 0) is 29.0 Å². The van der Waals surface area contributed by atoms with Gasteiger partial charge in [-0.05, 0) is 53.8 Å². The van der Waals surface area contributed by atoms with Crippen molar-refractivity contribution in [3.05, 3.63) is 119 Å². The molecule has 4 aromatic rings. The minimum absolute atomic E-state index is 0.0429. The fraction of sp³-hybridized carbons (Fsp3) is 0.250. The first-order valence-electron chi connectivity index (χ1n) is 12.8. The second-order valence-corrected chi connectivity index (χ2v) is 10.0. The summed E-state index contributed by atoms with van der Waals surface area (Å²) in [4.78, 5) is 29.1. The van der Waals surface area contributed by atoms with E-state index < -0.39 is 6.04 Å². The lowest BCUT2D eigenvalue weighted by Crippen LogP contribution is -2.51. The number of hydrogen-bond donors (Lipinski definition) is 1. The van der Waals surface area contributed by atoms with E-state index >= 15 is 0 Å².